The number of hydrogen-bond acceptors (Lipinski definition) is 7. The van der Waals surface area contributed by atoms with Gasteiger partial charge in [-0.05, 0) is 36.9 Å². The minimum atomic E-state index is -1.22. The predicted octanol–water partition coefficient (Wildman–Crippen LogP) is 3.48. The summed E-state index contributed by atoms with van der Waals surface area (Å²) in [5, 5.41) is 4.42. The second-order valence-corrected chi connectivity index (χ2v) is 9.67. The molecule has 8 nitrogen and oxygen atoms in total. The van der Waals surface area contributed by atoms with Crippen molar-refractivity contribution in [3.8, 4) is 0 Å². The van der Waals surface area contributed by atoms with Crippen molar-refractivity contribution in [2.75, 3.05) is 24.8 Å². The first-order chi connectivity index (χ1) is 15.5. The van der Waals surface area contributed by atoms with Crippen molar-refractivity contribution >= 4 is 34.7 Å². The minimum absolute atomic E-state index is 0.183. The van der Waals surface area contributed by atoms with Gasteiger partial charge in [-0.1, -0.05) is 18.6 Å². The quantitative estimate of drug-likeness (QED) is 0.546. The lowest BCUT2D eigenvalue weighted by molar-refractivity contribution is 0.0695. The predicted molar refractivity (Wildman–Crippen MR) is 129 cm³/mol. The topological polar surface area (TPSA) is 99.3 Å². The maximum Gasteiger partial charge on any atom is 0.256 e. The largest absolute Gasteiger partial charge is 0.612 e. The minimum Gasteiger partial charge on any atom is -0.612 e. The normalized spacial score (nSPS) is 15.5. The maximum absolute atomic E-state index is 13.5. The van der Waals surface area contributed by atoms with Crippen LogP contribution in [-0.2, 0) is 11.2 Å². The molecule has 2 unspecified atom stereocenters. The van der Waals surface area contributed by atoms with Crippen LogP contribution in [0.5, 0.6) is 0 Å². The lowest BCUT2D eigenvalue weighted by Gasteiger charge is -2.29. The van der Waals surface area contributed by atoms with E-state index >= 15 is 0 Å². The Balaban J connectivity index is 1.93. The number of carbonyl (C=O) groups is 1. The van der Waals surface area contributed by atoms with Crippen LogP contribution in [0.4, 0.5) is 0 Å². The summed E-state index contributed by atoms with van der Waals surface area (Å²) in [6, 6.07) is 1.30. The fourth-order valence-corrected chi connectivity index (χ4v) is 4.26. The molecule has 0 aliphatic carbocycles. The number of allylic oxidation sites excluding steroid dienone is 3. The van der Waals surface area contributed by atoms with Gasteiger partial charge in [0.1, 0.15) is 18.4 Å². The average molecular weight is 473 g/mol. The molecule has 0 saturated heterocycles. The van der Waals surface area contributed by atoms with Gasteiger partial charge in [0.2, 0.25) is 0 Å². The molecular weight excluding hydrogens is 444 g/mol. The van der Waals surface area contributed by atoms with Crippen LogP contribution in [-0.4, -0.2) is 65.8 Å². The van der Waals surface area contributed by atoms with E-state index in [1.165, 1.54) is 24.3 Å². The molecule has 0 aromatic carbocycles. The van der Waals surface area contributed by atoms with E-state index in [0.717, 1.165) is 18.0 Å². The van der Waals surface area contributed by atoms with E-state index in [-0.39, 0.29) is 11.9 Å². The Bertz CT molecular complexity index is 1030. The number of amides is 1. The van der Waals surface area contributed by atoms with E-state index < -0.39 is 11.2 Å². The molecule has 3 heterocycles. The SMILES string of the molecule is CCC1=CC=CN=C(n2ncnc2C(C)N(CCSC)C(=O)c2cncc([S+](C)[O-])c2)C1. The molecular formula is C22H28N6O2S2. The Morgan fingerprint density at radius 3 is 2.94 bits per heavy atom. The number of nitrogens with zero attached hydrogens (tertiary/aromatic N) is 6. The van der Waals surface area contributed by atoms with Gasteiger partial charge in [0, 0.05) is 37.2 Å². The van der Waals surface area contributed by atoms with E-state index in [0.29, 0.717) is 29.2 Å². The highest BCUT2D eigenvalue weighted by Crippen LogP contribution is 2.23. The van der Waals surface area contributed by atoms with E-state index in [1.54, 1.807) is 39.9 Å². The highest BCUT2D eigenvalue weighted by molar-refractivity contribution is 7.98. The summed E-state index contributed by atoms with van der Waals surface area (Å²) in [7, 11) is 0. The third kappa shape index (κ3) is 5.67. The van der Waals surface area contributed by atoms with Crippen molar-refractivity contribution in [2.24, 2.45) is 4.99 Å². The lowest BCUT2D eigenvalue weighted by Crippen LogP contribution is -2.37. The van der Waals surface area contributed by atoms with Crippen LogP contribution in [0.25, 0.3) is 0 Å². The van der Waals surface area contributed by atoms with Crippen LogP contribution in [0.2, 0.25) is 0 Å². The molecule has 170 valence electrons. The van der Waals surface area contributed by atoms with Crippen molar-refractivity contribution in [3.63, 3.8) is 0 Å². The van der Waals surface area contributed by atoms with Crippen molar-refractivity contribution in [1.82, 2.24) is 24.6 Å². The zero-order chi connectivity index (χ0) is 23.1. The van der Waals surface area contributed by atoms with Crippen molar-refractivity contribution in [1.29, 1.82) is 0 Å². The number of aliphatic imine (C=N–C) groups is 1. The van der Waals surface area contributed by atoms with Gasteiger partial charge in [-0.3, -0.25) is 9.78 Å². The molecule has 32 heavy (non-hydrogen) atoms. The zero-order valence-electron chi connectivity index (χ0n) is 18.8. The van der Waals surface area contributed by atoms with Gasteiger partial charge in [0.15, 0.2) is 10.7 Å². The molecule has 2 atom stereocenters. The van der Waals surface area contributed by atoms with E-state index in [2.05, 4.69) is 33.1 Å². The summed E-state index contributed by atoms with van der Waals surface area (Å²) in [6.07, 6.45) is 15.5. The lowest BCUT2D eigenvalue weighted by atomic mass is 10.1. The van der Waals surface area contributed by atoms with Gasteiger partial charge in [-0.15, -0.1) is 0 Å². The number of hydrogen-bond donors (Lipinski definition) is 0. The van der Waals surface area contributed by atoms with Crippen LogP contribution < -0.4 is 0 Å². The van der Waals surface area contributed by atoms with Gasteiger partial charge in [0.25, 0.3) is 5.91 Å². The Labute approximate surface area is 196 Å². The highest BCUT2D eigenvalue weighted by atomic mass is 32.2. The van der Waals surface area contributed by atoms with Crippen molar-refractivity contribution in [2.45, 2.75) is 37.6 Å². The van der Waals surface area contributed by atoms with E-state index in [1.807, 2.05) is 19.3 Å². The maximum atomic E-state index is 13.5. The molecule has 1 aliphatic rings. The Morgan fingerprint density at radius 1 is 1.41 bits per heavy atom. The number of thioether (sulfide) groups is 1. The number of pyridine rings is 1. The molecule has 0 N–H and O–H groups in total. The van der Waals surface area contributed by atoms with Gasteiger partial charge in [-0.25, -0.2) is 14.7 Å². The molecule has 2 aromatic rings. The van der Waals surface area contributed by atoms with Crippen molar-refractivity contribution in [3.05, 3.63) is 60.1 Å². The molecule has 0 spiro atoms. The fourth-order valence-electron chi connectivity index (χ4n) is 3.38. The smallest absolute Gasteiger partial charge is 0.256 e. The van der Waals surface area contributed by atoms with Crippen LogP contribution in [0, 0.1) is 0 Å². The van der Waals surface area contributed by atoms with E-state index in [9.17, 15) is 9.35 Å². The number of rotatable bonds is 8. The first-order valence-electron chi connectivity index (χ1n) is 10.4. The molecule has 10 heteroatoms. The Hall–Kier alpha value is -2.43. The van der Waals surface area contributed by atoms with Crippen LogP contribution in [0.3, 0.4) is 0 Å². The van der Waals surface area contributed by atoms with Gasteiger partial charge >= 0.3 is 0 Å². The molecule has 1 aliphatic heterocycles. The first kappa shape index (κ1) is 24.2. The van der Waals surface area contributed by atoms with Gasteiger partial charge in [-0.2, -0.15) is 16.9 Å². The Morgan fingerprint density at radius 2 is 2.22 bits per heavy atom. The average Bonchev–Trinajstić information content (AvgIpc) is 3.17. The van der Waals surface area contributed by atoms with Gasteiger partial charge < -0.3 is 9.45 Å². The first-order valence-corrected chi connectivity index (χ1v) is 13.3. The molecule has 0 bridgehead atoms. The summed E-state index contributed by atoms with van der Waals surface area (Å²) in [6.45, 7) is 4.58. The molecule has 3 rings (SSSR count). The molecule has 0 fully saturated rings. The third-order valence-corrected chi connectivity index (χ3v) is 6.71. The highest BCUT2D eigenvalue weighted by Gasteiger charge is 2.28. The molecule has 2 aromatic heterocycles. The van der Waals surface area contributed by atoms with E-state index in [4.69, 9.17) is 0 Å². The fraction of sp³-hybridized carbons (Fsp3) is 0.409. The van der Waals surface area contributed by atoms with Crippen LogP contribution in [0.1, 0.15) is 48.9 Å². The van der Waals surface area contributed by atoms with Crippen LogP contribution >= 0.6 is 11.8 Å². The molecule has 0 radical (unpaired) electrons. The standard InChI is InChI=1S/C22H28N6O2S2/c1-5-17-7-6-8-24-20(11-17)28-21(25-15-26-28)16(2)27(9-10-31-3)22(29)18-12-19(32(4)30)14-23-13-18/h6-8,12-16H,5,9-11H2,1-4H3. The second-order valence-electron chi connectivity index (χ2n) is 7.30. The van der Waals surface area contributed by atoms with Crippen LogP contribution in [0.15, 0.2) is 58.6 Å². The van der Waals surface area contributed by atoms with Crippen molar-refractivity contribution < 1.29 is 9.35 Å². The Kier molecular flexibility index (Phi) is 8.66. The van der Waals surface area contributed by atoms with Gasteiger partial charge in [0.05, 0.1) is 17.8 Å². The summed E-state index contributed by atoms with van der Waals surface area (Å²) in [5.41, 5.74) is 1.65. The zero-order valence-corrected chi connectivity index (χ0v) is 20.4. The second kappa shape index (κ2) is 11.4. The number of carbonyl (C=O) groups excluding carboxylic acids is 1. The molecule has 1 amide bonds. The monoisotopic (exact) mass is 472 g/mol. The summed E-state index contributed by atoms with van der Waals surface area (Å²) in [4.78, 5) is 28.9. The summed E-state index contributed by atoms with van der Waals surface area (Å²) >= 11 is 0.443. The molecule has 0 saturated carbocycles. The summed E-state index contributed by atoms with van der Waals surface area (Å²) in [5.74, 6) is 2.00. The summed E-state index contributed by atoms with van der Waals surface area (Å²) < 4.78 is 13.6. The number of aromatic nitrogens is 4. The third-order valence-electron chi connectivity index (χ3n) is 5.23.